The van der Waals surface area contributed by atoms with Gasteiger partial charge in [0.25, 0.3) is 5.91 Å². The summed E-state index contributed by atoms with van der Waals surface area (Å²) in [6.45, 7) is 6.43. The minimum Gasteiger partial charge on any atom is -0.340 e. The van der Waals surface area contributed by atoms with Crippen LogP contribution in [0.2, 0.25) is 0 Å². The maximum absolute atomic E-state index is 13.1. The van der Waals surface area contributed by atoms with Gasteiger partial charge in [0.1, 0.15) is 17.3 Å². The molecule has 0 unspecified atom stereocenters. The van der Waals surface area contributed by atoms with Gasteiger partial charge in [0, 0.05) is 24.0 Å². The molecule has 0 atom stereocenters. The SMILES string of the molecule is CCc1ccccc1Nc1cc(C(=O)N(CC)c2ccccc2)nc(C)n1. The molecule has 0 radical (unpaired) electrons. The molecule has 2 aromatic carbocycles. The molecule has 0 aliphatic rings. The van der Waals surface area contributed by atoms with E-state index in [1.165, 1.54) is 5.56 Å². The summed E-state index contributed by atoms with van der Waals surface area (Å²) >= 11 is 0. The molecule has 0 aliphatic heterocycles. The summed E-state index contributed by atoms with van der Waals surface area (Å²) in [6, 6.07) is 19.4. The zero-order valence-corrected chi connectivity index (χ0v) is 15.9. The zero-order chi connectivity index (χ0) is 19.2. The van der Waals surface area contributed by atoms with Gasteiger partial charge in [-0.2, -0.15) is 0 Å². The molecule has 0 spiro atoms. The Bertz CT molecular complexity index is 925. The number of aryl methyl sites for hydroxylation is 2. The minimum absolute atomic E-state index is 0.138. The van der Waals surface area contributed by atoms with E-state index in [2.05, 4.69) is 28.3 Å². The van der Waals surface area contributed by atoms with Crippen molar-refractivity contribution < 1.29 is 4.79 Å². The molecule has 0 saturated heterocycles. The molecule has 5 nitrogen and oxygen atoms in total. The van der Waals surface area contributed by atoms with Crippen molar-refractivity contribution in [1.29, 1.82) is 0 Å². The summed E-state index contributed by atoms with van der Waals surface area (Å²) in [7, 11) is 0. The van der Waals surface area contributed by atoms with Crippen molar-refractivity contribution in [3.8, 4) is 0 Å². The molecule has 3 rings (SSSR count). The number of nitrogens with zero attached hydrogens (tertiary/aromatic N) is 3. The number of hydrogen-bond donors (Lipinski definition) is 1. The highest BCUT2D eigenvalue weighted by Gasteiger charge is 2.19. The number of rotatable bonds is 6. The lowest BCUT2D eigenvalue weighted by atomic mass is 10.1. The summed E-state index contributed by atoms with van der Waals surface area (Å²) in [5.41, 5.74) is 3.42. The second kappa shape index (κ2) is 8.45. The van der Waals surface area contributed by atoms with E-state index in [-0.39, 0.29) is 5.91 Å². The van der Waals surface area contributed by atoms with Crippen molar-refractivity contribution in [3.05, 3.63) is 77.7 Å². The third kappa shape index (κ3) is 4.31. The number of aromatic nitrogens is 2. The Labute approximate surface area is 160 Å². The predicted octanol–water partition coefficient (Wildman–Crippen LogP) is 4.76. The van der Waals surface area contributed by atoms with E-state index in [4.69, 9.17) is 0 Å². The first kappa shape index (κ1) is 18.6. The van der Waals surface area contributed by atoms with Gasteiger partial charge >= 0.3 is 0 Å². The number of nitrogens with one attached hydrogen (secondary N) is 1. The van der Waals surface area contributed by atoms with Crippen molar-refractivity contribution in [3.63, 3.8) is 0 Å². The van der Waals surface area contributed by atoms with Crippen LogP contribution >= 0.6 is 0 Å². The summed E-state index contributed by atoms with van der Waals surface area (Å²) in [5.74, 6) is 1.04. The molecule has 1 N–H and O–H groups in total. The Balaban J connectivity index is 1.92. The molecular weight excluding hydrogens is 336 g/mol. The van der Waals surface area contributed by atoms with Gasteiger partial charge in [-0.25, -0.2) is 9.97 Å². The summed E-state index contributed by atoms with van der Waals surface area (Å²) in [4.78, 5) is 23.6. The van der Waals surface area contributed by atoms with Crippen LogP contribution in [0.4, 0.5) is 17.2 Å². The molecule has 1 aromatic heterocycles. The van der Waals surface area contributed by atoms with Crippen LogP contribution in [-0.2, 0) is 6.42 Å². The highest BCUT2D eigenvalue weighted by molar-refractivity contribution is 6.05. The van der Waals surface area contributed by atoms with Crippen LogP contribution in [0.1, 0.15) is 35.7 Å². The van der Waals surface area contributed by atoms with Crippen LogP contribution in [0.5, 0.6) is 0 Å². The second-order valence-electron chi connectivity index (χ2n) is 6.21. The molecule has 0 fully saturated rings. The number of para-hydroxylation sites is 2. The average molecular weight is 360 g/mol. The molecule has 27 heavy (non-hydrogen) atoms. The lowest BCUT2D eigenvalue weighted by molar-refractivity contribution is 0.0983. The van der Waals surface area contributed by atoms with Crippen LogP contribution in [0.25, 0.3) is 0 Å². The van der Waals surface area contributed by atoms with E-state index in [0.717, 1.165) is 17.8 Å². The largest absolute Gasteiger partial charge is 0.340 e. The molecule has 0 bridgehead atoms. The Morgan fingerprint density at radius 1 is 1.00 bits per heavy atom. The quantitative estimate of drug-likeness (QED) is 0.689. The van der Waals surface area contributed by atoms with E-state index in [1.54, 1.807) is 17.9 Å². The number of amides is 1. The molecule has 0 aliphatic carbocycles. The molecular formula is C22H24N4O. The van der Waals surface area contributed by atoms with Gasteiger partial charge in [-0.1, -0.05) is 43.3 Å². The van der Waals surface area contributed by atoms with Crippen LogP contribution in [0, 0.1) is 6.92 Å². The zero-order valence-electron chi connectivity index (χ0n) is 15.9. The number of carbonyl (C=O) groups is 1. The fraction of sp³-hybridized carbons (Fsp3) is 0.227. The van der Waals surface area contributed by atoms with Gasteiger partial charge < -0.3 is 10.2 Å². The lowest BCUT2D eigenvalue weighted by Gasteiger charge is -2.21. The Hall–Kier alpha value is -3.21. The highest BCUT2D eigenvalue weighted by Crippen LogP contribution is 2.22. The van der Waals surface area contributed by atoms with E-state index in [1.807, 2.05) is 55.5 Å². The van der Waals surface area contributed by atoms with Gasteiger partial charge in [-0.3, -0.25) is 4.79 Å². The maximum Gasteiger partial charge on any atom is 0.277 e. The monoisotopic (exact) mass is 360 g/mol. The third-order valence-corrected chi connectivity index (χ3v) is 4.35. The molecule has 1 heterocycles. The molecule has 138 valence electrons. The Morgan fingerprint density at radius 3 is 2.41 bits per heavy atom. The minimum atomic E-state index is -0.138. The smallest absolute Gasteiger partial charge is 0.277 e. The van der Waals surface area contributed by atoms with Crippen molar-refractivity contribution in [2.45, 2.75) is 27.2 Å². The lowest BCUT2D eigenvalue weighted by Crippen LogP contribution is -2.31. The number of carbonyl (C=O) groups excluding carboxylic acids is 1. The van der Waals surface area contributed by atoms with Crippen LogP contribution in [-0.4, -0.2) is 22.4 Å². The van der Waals surface area contributed by atoms with Crippen molar-refractivity contribution >= 4 is 23.1 Å². The average Bonchev–Trinajstić information content (AvgIpc) is 2.69. The van der Waals surface area contributed by atoms with Crippen LogP contribution in [0.15, 0.2) is 60.7 Å². The van der Waals surface area contributed by atoms with E-state index in [0.29, 0.717) is 23.9 Å². The van der Waals surface area contributed by atoms with Crippen LogP contribution < -0.4 is 10.2 Å². The van der Waals surface area contributed by atoms with Crippen LogP contribution in [0.3, 0.4) is 0 Å². The third-order valence-electron chi connectivity index (χ3n) is 4.35. The summed E-state index contributed by atoms with van der Waals surface area (Å²) in [6.07, 6.45) is 0.913. The summed E-state index contributed by atoms with van der Waals surface area (Å²) in [5, 5.41) is 3.33. The topological polar surface area (TPSA) is 58.1 Å². The maximum atomic E-state index is 13.1. The van der Waals surface area contributed by atoms with Gasteiger partial charge in [0.2, 0.25) is 0 Å². The van der Waals surface area contributed by atoms with Crippen molar-refractivity contribution in [2.24, 2.45) is 0 Å². The second-order valence-corrected chi connectivity index (χ2v) is 6.21. The predicted molar refractivity (Wildman–Crippen MR) is 110 cm³/mol. The van der Waals surface area contributed by atoms with Crippen molar-refractivity contribution in [1.82, 2.24) is 9.97 Å². The van der Waals surface area contributed by atoms with Gasteiger partial charge in [0.15, 0.2) is 0 Å². The van der Waals surface area contributed by atoms with E-state index >= 15 is 0 Å². The first-order chi connectivity index (χ1) is 13.1. The first-order valence-electron chi connectivity index (χ1n) is 9.20. The normalized spacial score (nSPS) is 10.5. The molecule has 5 heteroatoms. The van der Waals surface area contributed by atoms with Gasteiger partial charge in [-0.15, -0.1) is 0 Å². The fourth-order valence-corrected chi connectivity index (χ4v) is 3.02. The van der Waals surface area contributed by atoms with E-state index < -0.39 is 0 Å². The highest BCUT2D eigenvalue weighted by atomic mass is 16.2. The fourth-order valence-electron chi connectivity index (χ4n) is 3.02. The summed E-state index contributed by atoms with van der Waals surface area (Å²) < 4.78 is 0. The standard InChI is InChI=1S/C22H24N4O/c1-4-17-11-9-10-14-19(17)25-21-15-20(23-16(3)24-21)22(27)26(5-2)18-12-7-6-8-13-18/h6-15H,4-5H2,1-3H3,(H,23,24,25). The number of anilines is 3. The number of hydrogen-bond acceptors (Lipinski definition) is 4. The van der Waals surface area contributed by atoms with Crippen molar-refractivity contribution in [2.75, 3.05) is 16.8 Å². The molecule has 1 amide bonds. The Morgan fingerprint density at radius 2 is 1.70 bits per heavy atom. The van der Waals surface area contributed by atoms with E-state index in [9.17, 15) is 4.79 Å². The Kier molecular flexibility index (Phi) is 5.81. The molecule has 0 saturated carbocycles. The van der Waals surface area contributed by atoms with Gasteiger partial charge in [0.05, 0.1) is 0 Å². The number of benzene rings is 2. The molecule has 3 aromatic rings. The first-order valence-corrected chi connectivity index (χ1v) is 9.20. The van der Waals surface area contributed by atoms with Gasteiger partial charge in [-0.05, 0) is 44.0 Å².